The summed E-state index contributed by atoms with van der Waals surface area (Å²) in [6, 6.07) is 3.36. The fraction of sp³-hybridized carbons (Fsp3) is 0.308. The predicted octanol–water partition coefficient (Wildman–Crippen LogP) is 1.23. The van der Waals surface area contributed by atoms with E-state index in [1.807, 2.05) is 10.8 Å². The van der Waals surface area contributed by atoms with Gasteiger partial charge in [0.2, 0.25) is 10.0 Å². The van der Waals surface area contributed by atoms with E-state index in [4.69, 9.17) is 9.88 Å². The van der Waals surface area contributed by atoms with E-state index in [1.54, 1.807) is 38.5 Å². The third-order valence-corrected chi connectivity index (χ3v) is 4.11. The average Bonchev–Trinajstić information content (AvgIpc) is 2.79. The Morgan fingerprint density at radius 3 is 2.45 bits per heavy atom. The largest absolute Gasteiger partial charge is 0.492 e. The number of imidazole rings is 1. The second kappa shape index (κ2) is 5.64. The molecule has 0 aliphatic rings. The Labute approximate surface area is 118 Å². The topological polar surface area (TPSA) is 87.2 Å². The van der Waals surface area contributed by atoms with Gasteiger partial charge in [0, 0.05) is 12.4 Å². The SMILES string of the molecule is Cc1cc(OCCn2ccnc2)cc(C)c1S(N)(=O)=O. The first-order valence-electron chi connectivity index (χ1n) is 6.10. The van der Waals surface area contributed by atoms with Crippen molar-refractivity contribution in [3.63, 3.8) is 0 Å². The van der Waals surface area contributed by atoms with Crippen LogP contribution in [0.15, 0.2) is 35.7 Å². The smallest absolute Gasteiger partial charge is 0.238 e. The number of aryl methyl sites for hydroxylation is 2. The number of ether oxygens (including phenoxy) is 1. The van der Waals surface area contributed by atoms with E-state index < -0.39 is 10.0 Å². The Hall–Kier alpha value is -1.86. The minimum atomic E-state index is -3.70. The van der Waals surface area contributed by atoms with Crippen molar-refractivity contribution in [2.24, 2.45) is 5.14 Å². The van der Waals surface area contributed by atoms with Crippen LogP contribution in [0.4, 0.5) is 0 Å². The van der Waals surface area contributed by atoms with E-state index in [0.717, 1.165) is 0 Å². The average molecular weight is 295 g/mol. The summed E-state index contributed by atoms with van der Waals surface area (Å²) in [4.78, 5) is 4.11. The van der Waals surface area contributed by atoms with Crippen LogP contribution in [-0.4, -0.2) is 24.6 Å². The van der Waals surface area contributed by atoms with E-state index in [-0.39, 0.29) is 4.90 Å². The van der Waals surface area contributed by atoms with Crippen molar-refractivity contribution in [1.29, 1.82) is 0 Å². The Balaban J connectivity index is 2.11. The highest BCUT2D eigenvalue weighted by Crippen LogP contribution is 2.24. The van der Waals surface area contributed by atoms with Crippen LogP contribution in [0.1, 0.15) is 11.1 Å². The molecule has 2 aromatic rings. The molecule has 0 saturated carbocycles. The summed E-state index contributed by atoms with van der Waals surface area (Å²) in [6.45, 7) is 4.56. The third-order valence-electron chi connectivity index (χ3n) is 2.90. The maximum atomic E-state index is 11.5. The summed E-state index contributed by atoms with van der Waals surface area (Å²) in [5, 5.41) is 5.19. The molecule has 0 unspecified atom stereocenters. The molecule has 1 aromatic heterocycles. The second-order valence-corrected chi connectivity index (χ2v) is 6.08. The van der Waals surface area contributed by atoms with E-state index >= 15 is 0 Å². The third kappa shape index (κ3) is 3.37. The number of benzene rings is 1. The Kier molecular flexibility index (Phi) is 4.10. The number of rotatable bonds is 5. The zero-order valence-corrected chi connectivity index (χ0v) is 12.2. The number of primary sulfonamides is 1. The maximum absolute atomic E-state index is 11.5. The van der Waals surface area contributed by atoms with Crippen LogP contribution in [0, 0.1) is 13.8 Å². The van der Waals surface area contributed by atoms with Crippen molar-refractivity contribution in [2.45, 2.75) is 25.3 Å². The molecule has 0 aliphatic heterocycles. The summed E-state index contributed by atoms with van der Waals surface area (Å²) in [5.41, 5.74) is 1.18. The van der Waals surface area contributed by atoms with Crippen LogP contribution in [0.25, 0.3) is 0 Å². The summed E-state index contributed by atoms with van der Waals surface area (Å²) < 4.78 is 30.5. The van der Waals surface area contributed by atoms with Crippen LogP contribution in [0.5, 0.6) is 5.75 Å². The van der Waals surface area contributed by atoms with Gasteiger partial charge in [-0.25, -0.2) is 18.5 Å². The number of hydrogen-bond donors (Lipinski definition) is 1. The fourth-order valence-corrected chi connectivity index (χ4v) is 3.15. The van der Waals surface area contributed by atoms with Gasteiger partial charge in [-0.15, -0.1) is 0 Å². The lowest BCUT2D eigenvalue weighted by atomic mass is 10.1. The molecule has 0 spiro atoms. The van der Waals surface area contributed by atoms with Gasteiger partial charge in [-0.3, -0.25) is 0 Å². The molecule has 0 bridgehead atoms. The van der Waals surface area contributed by atoms with Crippen LogP contribution in [0.3, 0.4) is 0 Å². The van der Waals surface area contributed by atoms with Gasteiger partial charge in [0.1, 0.15) is 12.4 Å². The molecular weight excluding hydrogens is 278 g/mol. The minimum absolute atomic E-state index is 0.166. The molecule has 0 amide bonds. The van der Waals surface area contributed by atoms with E-state index in [1.165, 1.54) is 0 Å². The van der Waals surface area contributed by atoms with E-state index in [9.17, 15) is 8.42 Å². The van der Waals surface area contributed by atoms with Gasteiger partial charge in [-0.05, 0) is 37.1 Å². The molecule has 0 saturated heterocycles. The summed E-state index contributed by atoms with van der Waals surface area (Å²) in [7, 11) is -3.70. The van der Waals surface area contributed by atoms with Crippen molar-refractivity contribution < 1.29 is 13.2 Å². The molecule has 0 atom stereocenters. The highest BCUT2D eigenvalue weighted by Gasteiger charge is 2.16. The number of nitrogens with two attached hydrogens (primary N) is 1. The number of hydrogen-bond acceptors (Lipinski definition) is 4. The summed E-state index contributed by atoms with van der Waals surface area (Å²) in [6.07, 6.45) is 5.27. The standard InChI is InChI=1S/C13H17N3O3S/c1-10-7-12(8-11(2)13(10)20(14,17)18)19-6-5-16-4-3-15-9-16/h3-4,7-9H,5-6H2,1-2H3,(H2,14,17,18). The van der Waals surface area contributed by atoms with Gasteiger partial charge in [-0.1, -0.05) is 0 Å². The molecular formula is C13H17N3O3S. The van der Waals surface area contributed by atoms with Crippen LogP contribution < -0.4 is 9.88 Å². The molecule has 6 nitrogen and oxygen atoms in total. The molecule has 7 heteroatoms. The Morgan fingerprint density at radius 2 is 1.95 bits per heavy atom. The Morgan fingerprint density at radius 1 is 1.30 bits per heavy atom. The second-order valence-electron chi connectivity index (χ2n) is 4.58. The normalized spacial score (nSPS) is 11.6. The molecule has 0 fully saturated rings. The molecule has 108 valence electrons. The molecule has 2 rings (SSSR count). The maximum Gasteiger partial charge on any atom is 0.238 e. The van der Waals surface area contributed by atoms with Gasteiger partial charge in [0.05, 0.1) is 17.8 Å². The van der Waals surface area contributed by atoms with E-state index in [0.29, 0.717) is 30.0 Å². The van der Waals surface area contributed by atoms with Gasteiger partial charge in [-0.2, -0.15) is 0 Å². The quantitative estimate of drug-likeness (QED) is 0.898. The molecule has 0 radical (unpaired) electrons. The molecule has 1 aromatic carbocycles. The summed E-state index contributed by atoms with van der Waals surface area (Å²) >= 11 is 0. The highest BCUT2D eigenvalue weighted by molar-refractivity contribution is 7.89. The van der Waals surface area contributed by atoms with Gasteiger partial charge < -0.3 is 9.30 Å². The number of aromatic nitrogens is 2. The van der Waals surface area contributed by atoms with Crippen LogP contribution in [-0.2, 0) is 16.6 Å². The van der Waals surface area contributed by atoms with Crippen LogP contribution in [0.2, 0.25) is 0 Å². The van der Waals surface area contributed by atoms with Crippen LogP contribution >= 0.6 is 0 Å². The first kappa shape index (κ1) is 14.5. The Bertz CT molecular complexity index is 671. The first-order valence-corrected chi connectivity index (χ1v) is 7.65. The minimum Gasteiger partial charge on any atom is -0.492 e. The highest BCUT2D eigenvalue weighted by atomic mass is 32.2. The van der Waals surface area contributed by atoms with Crippen molar-refractivity contribution in [3.05, 3.63) is 42.0 Å². The number of sulfonamides is 1. The first-order chi connectivity index (χ1) is 9.38. The molecule has 2 N–H and O–H groups in total. The lowest BCUT2D eigenvalue weighted by Gasteiger charge is -2.12. The molecule has 0 aliphatic carbocycles. The predicted molar refractivity (Wildman–Crippen MR) is 75.0 cm³/mol. The number of nitrogens with zero attached hydrogens (tertiary/aromatic N) is 2. The van der Waals surface area contributed by atoms with Crippen molar-refractivity contribution >= 4 is 10.0 Å². The lowest BCUT2D eigenvalue weighted by Crippen LogP contribution is -2.15. The van der Waals surface area contributed by atoms with Crippen molar-refractivity contribution in [1.82, 2.24) is 9.55 Å². The molecule has 1 heterocycles. The zero-order chi connectivity index (χ0) is 14.8. The zero-order valence-electron chi connectivity index (χ0n) is 11.4. The monoisotopic (exact) mass is 295 g/mol. The van der Waals surface area contributed by atoms with Gasteiger partial charge in [0.15, 0.2) is 0 Å². The van der Waals surface area contributed by atoms with Crippen molar-refractivity contribution in [2.75, 3.05) is 6.61 Å². The summed E-state index contributed by atoms with van der Waals surface area (Å²) in [5.74, 6) is 0.632. The van der Waals surface area contributed by atoms with Crippen molar-refractivity contribution in [3.8, 4) is 5.75 Å². The fourth-order valence-electron chi connectivity index (χ4n) is 2.13. The van der Waals surface area contributed by atoms with Gasteiger partial charge in [0.25, 0.3) is 0 Å². The lowest BCUT2D eigenvalue weighted by molar-refractivity contribution is 0.297. The van der Waals surface area contributed by atoms with E-state index in [2.05, 4.69) is 4.98 Å². The van der Waals surface area contributed by atoms with Gasteiger partial charge >= 0.3 is 0 Å². The molecule has 20 heavy (non-hydrogen) atoms.